The Bertz CT molecular complexity index is 369. The molecule has 21 heavy (non-hydrogen) atoms. The lowest BCUT2D eigenvalue weighted by Gasteiger charge is -2.26. The van der Waals surface area contributed by atoms with Gasteiger partial charge in [0.15, 0.2) is 0 Å². The molecular formula is C15H27N3O3. The third-order valence-electron chi connectivity index (χ3n) is 4.48. The number of hydrogen-bond donors (Lipinski definition) is 2. The average molecular weight is 297 g/mol. The number of amides is 2. The topological polar surface area (TPSA) is 84.7 Å². The van der Waals surface area contributed by atoms with Crippen LogP contribution in [0.2, 0.25) is 0 Å². The van der Waals surface area contributed by atoms with Crippen molar-refractivity contribution in [3.63, 3.8) is 0 Å². The van der Waals surface area contributed by atoms with Crippen molar-refractivity contribution >= 4 is 11.8 Å². The summed E-state index contributed by atoms with van der Waals surface area (Å²) in [5.74, 6) is 0.269. The average Bonchev–Trinajstić information content (AvgIpc) is 2.96. The second-order valence-corrected chi connectivity index (χ2v) is 6.18. The van der Waals surface area contributed by atoms with Gasteiger partial charge in [0.2, 0.25) is 11.8 Å². The summed E-state index contributed by atoms with van der Waals surface area (Å²) in [7, 11) is 1.52. The number of carbonyl (C=O) groups is 2. The van der Waals surface area contributed by atoms with Crippen LogP contribution in [0.1, 0.15) is 38.5 Å². The van der Waals surface area contributed by atoms with Crippen molar-refractivity contribution in [3.05, 3.63) is 0 Å². The Morgan fingerprint density at radius 1 is 1.29 bits per heavy atom. The molecule has 2 rings (SSSR count). The molecule has 0 radical (unpaired) electrons. The first-order valence-electron chi connectivity index (χ1n) is 7.95. The van der Waals surface area contributed by atoms with Gasteiger partial charge in [-0.2, -0.15) is 0 Å². The highest BCUT2D eigenvalue weighted by molar-refractivity contribution is 5.82. The second-order valence-electron chi connectivity index (χ2n) is 6.18. The van der Waals surface area contributed by atoms with Crippen LogP contribution in [0.5, 0.6) is 0 Å². The molecule has 3 N–H and O–H groups in total. The van der Waals surface area contributed by atoms with E-state index in [2.05, 4.69) is 5.32 Å². The van der Waals surface area contributed by atoms with E-state index in [4.69, 9.17) is 10.5 Å². The van der Waals surface area contributed by atoms with Crippen LogP contribution in [-0.4, -0.2) is 55.6 Å². The van der Waals surface area contributed by atoms with Crippen molar-refractivity contribution < 1.29 is 14.3 Å². The van der Waals surface area contributed by atoms with E-state index < -0.39 is 6.04 Å². The minimum atomic E-state index is -0.641. The third kappa shape index (κ3) is 4.41. The standard InChI is InChI=1S/C15H27N3O3/c1-21-10-13(16)14(19)17-12-7-8-18(9-12)15(20)11-5-3-2-4-6-11/h11-13H,2-10,16H2,1H3,(H,17,19). The first kappa shape index (κ1) is 16.2. The number of ether oxygens (including phenoxy) is 1. The molecule has 1 aliphatic carbocycles. The smallest absolute Gasteiger partial charge is 0.239 e. The Hall–Kier alpha value is -1.14. The molecule has 2 amide bonds. The van der Waals surface area contributed by atoms with Gasteiger partial charge in [-0.3, -0.25) is 9.59 Å². The quantitative estimate of drug-likeness (QED) is 0.762. The number of nitrogens with two attached hydrogens (primary N) is 1. The van der Waals surface area contributed by atoms with Crippen LogP contribution in [0.25, 0.3) is 0 Å². The van der Waals surface area contributed by atoms with Gasteiger partial charge in [0, 0.05) is 32.2 Å². The first-order valence-corrected chi connectivity index (χ1v) is 7.95. The lowest BCUT2D eigenvalue weighted by Crippen LogP contribution is -2.48. The van der Waals surface area contributed by atoms with Crippen LogP contribution >= 0.6 is 0 Å². The number of nitrogens with zero attached hydrogens (tertiary/aromatic N) is 1. The molecule has 0 aromatic rings. The van der Waals surface area contributed by atoms with Crippen molar-refractivity contribution in [2.75, 3.05) is 26.8 Å². The predicted molar refractivity (Wildman–Crippen MR) is 79.6 cm³/mol. The molecule has 2 fully saturated rings. The van der Waals surface area contributed by atoms with Crippen LogP contribution in [0.3, 0.4) is 0 Å². The van der Waals surface area contributed by atoms with Crippen molar-refractivity contribution in [3.8, 4) is 0 Å². The molecule has 2 atom stereocenters. The molecule has 0 spiro atoms. The van der Waals surface area contributed by atoms with Gasteiger partial charge in [-0.1, -0.05) is 19.3 Å². The zero-order chi connectivity index (χ0) is 15.2. The van der Waals surface area contributed by atoms with Gasteiger partial charge in [-0.05, 0) is 19.3 Å². The number of nitrogens with one attached hydrogen (secondary N) is 1. The lowest BCUT2D eigenvalue weighted by molar-refractivity contribution is -0.135. The summed E-state index contributed by atoms with van der Waals surface area (Å²) >= 11 is 0. The largest absolute Gasteiger partial charge is 0.383 e. The van der Waals surface area contributed by atoms with E-state index in [1.807, 2.05) is 4.90 Å². The summed E-state index contributed by atoms with van der Waals surface area (Å²) in [5, 5.41) is 2.91. The maximum absolute atomic E-state index is 12.4. The number of rotatable bonds is 5. The SMILES string of the molecule is COCC(N)C(=O)NC1CCN(C(=O)C2CCCCC2)C1. The molecule has 0 aromatic heterocycles. The maximum atomic E-state index is 12.4. The van der Waals surface area contributed by atoms with E-state index in [1.54, 1.807) is 0 Å². The number of hydrogen-bond acceptors (Lipinski definition) is 4. The molecular weight excluding hydrogens is 270 g/mol. The minimum absolute atomic E-state index is 0.0212. The highest BCUT2D eigenvalue weighted by Gasteiger charge is 2.32. The number of methoxy groups -OCH3 is 1. The van der Waals surface area contributed by atoms with E-state index in [-0.39, 0.29) is 30.4 Å². The first-order chi connectivity index (χ1) is 10.1. The summed E-state index contributed by atoms with van der Waals surface area (Å²) in [6.07, 6.45) is 6.42. The summed E-state index contributed by atoms with van der Waals surface area (Å²) in [6.45, 7) is 1.56. The normalized spacial score (nSPS) is 24.9. The molecule has 1 heterocycles. The Morgan fingerprint density at radius 2 is 2.00 bits per heavy atom. The van der Waals surface area contributed by atoms with Gasteiger partial charge < -0.3 is 20.7 Å². The fraction of sp³-hybridized carbons (Fsp3) is 0.867. The third-order valence-corrected chi connectivity index (χ3v) is 4.48. The van der Waals surface area contributed by atoms with E-state index in [0.717, 1.165) is 38.6 Å². The molecule has 0 aromatic carbocycles. The molecule has 6 heteroatoms. The highest BCUT2D eigenvalue weighted by atomic mass is 16.5. The summed E-state index contributed by atoms with van der Waals surface area (Å²) < 4.78 is 4.88. The predicted octanol–water partition coefficient (Wildman–Crippen LogP) is 0.258. The van der Waals surface area contributed by atoms with Crippen LogP contribution in [0.15, 0.2) is 0 Å². The fourth-order valence-corrected chi connectivity index (χ4v) is 3.25. The molecule has 1 aliphatic heterocycles. The molecule has 1 saturated carbocycles. The van der Waals surface area contributed by atoms with Gasteiger partial charge in [-0.15, -0.1) is 0 Å². The van der Waals surface area contributed by atoms with Gasteiger partial charge in [-0.25, -0.2) is 0 Å². The summed E-state index contributed by atoms with van der Waals surface area (Å²) in [6, 6.07) is -0.619. The monoisotopic (exact) mass is 297 g/mol. The van der Waals surface area contributed by atoms with Crippen LogP contribution in [0.4, 0.5) is 0 Å². The molecule has 1 saturated heterocycles. The zero-order valence-electron chi connectivity index (χ0n) is 12.8. The molecule has 2 aliphatic rings. The maximum Gasteiger partial charge on any atom is 0.239 e. The van der Waals surface area contributed by atoms with E-state index in [0.29, 0.717) is 6.54 Å². The zero-order valence-corrected chi connectivity index (χ0v) is 12.8. The molecule has 120 valence electrons. The van der Waals surface area contributed by atoms with Gasteiger partial charge >= 0.3 is 0 Å². The molecule has 2 unspecified atom stereocenters. The lowest BCUT2D eigenvalue weighted by atomic mass is 9.88. The minimum Gasteiger partial charge on any atom is -0.383 e. The summed E-state index contributed by atoms with van der Waals surface area (Å²) in [5.41, 5.74) is 5.70. The number of likely N-dealkylation sites (tertiary alicyclic amines) is 1. The van der Waals surface area contributed by atoms with Crippen LogP contribution in [0, 0.1) is 5.92 Å². The van der Waals surface area contributed by atoms with E-state index in [9.17, 15) is 9.59 Å². The van der Waals surface area contributed by atoms with Crippen molar-refractivity contribution in [2.24, 2.45) is 11.7 Å². The van der Waals surface area contributed by atoms with Gasteiger partial charge in [0.1, 0.15) is 6.04 Å². The number of carbonyl (C=O) groups excluding carboxylic acids is 2. The Morgan fingerprint density at radius 3 is 2.67 bits per heavy atom. The summed E-state index contributed by atoms with van der Waals surface area (Å²) in [4.78, 5) is 26.2. The van der Waals surface area contributed by atoms with E-state index in [1.165, 1.54) is 13.5 Å². The molecule has 0 bridgehead atoms. The second kappa shape index (κ2) is 7.75. The van der Waals surface area contributed by atoms with Crippen molar-refractivity contribution in [1.82, 2.24) is 10.2 Å². The van der Waals surface area contributed by atoms with Crippen molar-refractivity contribution in [1.29, 1.82) is 0 Å². The Labute approximate surface area is 126 Å². The van der Waals surface area contributed by atoms with Gasteiger partial charge in [0.05, 0.1) is 6.61 Å². The fourth-order valence-electron chi connectivity index (χ4n) is 3.25. The van der Waals surface area contributed by atoms with Crippen LogP contribution < -0.4 is 11.1 Å². The highest BCUT2D eigenvalue weighted by Crippen LogP contribution is 2.26. The van der Waals surface area contributed by atoms with Crippen molar-refractivity contribution in [2.45, 2.75) is 50.6 Å². The Kier molecular flexibility index (Phi) is 5.99. The van der Waals surface area contributed by atoms with Crippen LogP contribution in [-0.2, 0) is 14.3 Å². The Balaban J connectivity index is 1.77. The molecule has 6 nitrogen and oxygen atoms in total. The van der Waals surface area contributed by atoms with Gasteiger partial charge in [0.25, 0.3) is 0 Å². The van der Waals surface area contributed by atoms with E-state index >= 15 is 0 Å².